The first-order chi connectivity index (χ1) is 6.10. The normalized spacial score (nSPS) is 10.9. The van der Waals surface area contributed by atoms with E-state index in [4.69, 9.17) is 10.8 Å². The van der Waals surface area contributed by atoms with E-state index < -0.39 is 8.32 Å². The van der Waals surface area contributed by atoms with E-state index in [1.54, 1.807) is 7.11 Å². The molecule has 13 heavy (non-hydrogen) atoms. The minimum absolute atomic E-state index is 0.926. The van der Waals surface area contributed by atoms with Crippen LogP contribution in [0.1, 0.15) is 5.56 Å². The zero-order chi connectivity index (χ0) is 9.90. The fourth-order valence-electron chi connectivity index (χ4n) is 1.10. The van der Waals surface area contributed by atoms with Crippen LogP contribution in [0.4, 0.5) is 0 Å². The van der Waals surface area contributed by atoms with Crippen molar-refractivity contribution >= 4 is 13.5 Å². The van der Waals surface area contributed by atoms with Crippen molar-refractivity contribution in [2.24, 2.45) is 0 Å². The molecule has 0 aliphatic rings. The van der Waals surface area contributed by atoms with Gasteiger partial charge in [0.05, 0.1) is 0 Å². The van der Waals surface area contributed by atoms with Crippen molar-refractivity contribution in [3.63, 3.8) is 0 Å². The Bertz CT molecular complexity index is 336. The van der Waals surface area contributed by atoms with Gasteiger partial charge < -0.3 is 4.43 Å². The van der Waals surface area contributed by atoms with Crippen molar-refractivity contribution in [1.29, 1.82) is 0 Å². The van der Waals surface area contributed by atoms with E-state index in [-0.39, 0.29) is 0 Å². The van der Waals surface area contributed by atoms with Crippen molar-refractivity contribution in [2.75, 3.05) is 7.11 Å². The minimum Gasteiger partial charge on any atom is -0.416 e. The first kappa shape index (κ1) is 10.0. The highest BCUT2D eigenvalue weighted by Gasteiger charge is 2.23. The van der Waals surface area contributed by atoms with Gasteiger partial charge >= 0.3 is 0 Å². The first-order valence-corrected chi connectivity index (χ1v) is 7.13. The van der Waals surface area contributed by atoms with Gasteiger partial charge in [0, 0.05) is 12.7 Å². The lowest BCUT2D eigenvalue weighted by molar-refractivity contribution is 0.416. The zero-order valence-corrected chi connectivity index (χ0v) is 9.29. The van der Waals surface area contributed by atoms with E-state index in [1.807, 2.05) is 18.2 Å². The van der Waals surface area contributed by atoms with Gasteiger partial charge in [-0.3, -0.25) is 0 Å². The quantitative estimate of drug-likeness (QED) is 0.510. The van der Waals surface area contributed by atoms with Crippen molar-refractivity contribution in [1.82, 2.24) is 0 Å². The molecular weight excluding hydrogens is 176 g/mol. The van der Waals surface area contributed by atoms with Gasteiger partial charge in [0.1, 0.15) is 0 Å². The van der Waals surface area contributed by atoms with Crippen molar-refractivity contribution in [3.8, 4) is 12.3 Å². The van der Waals surface area contributed by atoms with Crippen LogP contribution in [0.15, 0.2) is 24.3 Å². The molecule has 0 aromatic heterocycles. The fraction of sp³-hybridized carbons (Fsp3) is 0.273. The molecule has 0 unspecified atom stereocenters. The van der Waals surface area contributed by atoms with E-state index in [0.717, 1.165) is 5.56 Å². The summed E-state index contributed by atoms with van der Waals surface area (Å²) < 4.78 is 5.49. The van der Waals surface area contributed by atoms with Crippen LogP contribution < -0.4 is 5.19 Å². The Hall–Kier alpha value is -1.04. The maximum absolute atomic E-state index is 5.49. The second-order valence-corrected chi connectivity index (χ2v) is 7.45. The number of rotatable bonds is 2. The van der Waals surface area contributed by atoms with Crippen LogP contribution in [0.5, 0.6) is 0 Å². The standard InChI is InChI=1S/C11H14OSi/c1-5-10-7-6-8-11(9-10)13(3,4)12-2/h1,6-9H,2-4H3. The van der Waals surface area contributed by atoms with Gasteiger partial charge in [-0.05, 0) is 30.4 Å². The van der Waals surface area contributed by atoms with Crippen LogP contribution >= 0.6 is 0 Å². The third-order valence-electron chi connectivity index (χ3n) is 2.23. The van der Waals surface area contributed by atoms with Crippen LogP contribution in [-0.4, -0.2) is 15.4 Å². The average Bonchev–Trinajstić information content (AvgIpc) is 2.18. The zero-order valence-electron chi connectivity index (χ0n) is 8.29. The predicted molar refractivity (Wildman–Crippen MR) is 58.5 cm³/mol. The molecule has 2 heteroatoms. The predicted octanol–water partition coefficient (Wildman–Crippen LogP) is 1.73. The summed E-state index contributed by atoms with van der Waals surface area (Å²) in [6, 6.07) is 8.04. The summed E-state index contributed by atoms with van der Waals surface area (Å²) in [5, 5.41) is 1.24. The first-order valence-electron chi connectivity index (χ1n) is 4.22. The Labute approximate surface area is 80.9 Å². The summed E-state index contributed by atoms with van der Waals surface area (Å²) in [6.45, 7) is 4.31. The van der Waals surface area contributed by atoms with E-state index in [2.05, 4.69) is 25.1 Å². The second kappa shape index (κ2) is 3.78. The SMILES string of the molecule is C#Cc1cccc([Si](C)(C)OC)c1. The van der Waals surface area contributed by atoms with Gasteiger partial charge in [-0.2, -0.15) is 0 Å². The molecule has 1 aromatic rings. The Morgan fingerprint density at radius 2 is 2.08 bits per heavy atom. The van der Waals surface area contributed by atoms with E-state index >= 15 is 0 Å². The molecule has 0 atom stereocenters. The largest absolute Gasteiger partial charge is 0.416 e. The topological polar surface area (TPSA) is 9.23 Å². The number of hydrogen-bond acceptors (Lipinski definition) is 1. The van der Waals surface area contributed by atoms with E-state index in [0.29, 0.717) is 0 Å². The van der Waals surface area contributed by atoms with Gasteiger partial charge in [0.2, 0.25) is 8.32 Å². The van der Waals surface area contributed by atoms with Crippen molar-refractivity contribution in [2.45, 2.75) is 13.1 Å². The maximum atomic E-state index is 5.49. The smallest absolute Gasteiger partial charge is 0.217 e. The molecule has 68 valence electrons. The van der Waals surface area contributed by atoms with Gasteiger partial charge in [0.25, 0.3) is 0 Å². The van der Waals surface area contributed by atoms with Gasteiger partial charge in [-0.1, -0.05) is 18.1 Å². The molecule has 0 fully saturated rings. The summed E-state index contributed by atoms with van der Waals surface area (Å²) in [5.74, 6) is 2.63. The maximum Gasteiger partial charge on any atom is 0.217 e. The molecular formula is C11H14OSi. The van der Waals surface area contributed by atoms with Crippen molar-refractivity contribution < 1.29 is 4.43 Å². The third kappa shape index (κ3) is 2.21. The monoisotopic (exact) mass is 190 g/mol. The second-order valence-electron chi connectivity index (χ2n) is 3.44. The molecule has 0 spiro atoms. The molecule has 0 aliphatic heterocycles. The van der Waals surface area contributed by atoms with Crippen LogP contribution in [0, 0.1) is 12.3 Å². The molecule has 1 aromatic carbocycles. The summed E-state index contributed by atoms with van der Waals surface area (Å²) in [5.41, 5.74) is 0.926. The molecule has 1 nitrogen and oxygen atoms in total. The molecule has 1 rings (SSSR count). The summed E-state index contributed by atoms with van der Waals surface area (Å²) in [6.07, 6.45) is 5.33. The van der Waals surface area contributed by atoms with Crippen LogP contribution in [0.25, 0.3) is 0 Å². The Balaban J connectivity index is 3.10. The fourth-order valence-corrected chi connectivity index (χ4v) is 2.34. The molecule has 0 heterocycles. The number of terminal acetylenes is 1. The number of hydrogen-bond donors (Lipinski definition) is 0. The third-order valence-corrected chi connectivity index (χ3v) is 4.96. The highest BCUT2D eigenvalue weighted by atomic mass is 28.4. The van der Waals surface area contributed by atoms with Crippen LogP contribution in [0.3, 0.4) is 0 Å². The summed E-state index contributed by atoms with van der Waals surface area (Å²) >= 11 is 0. The highest BCUT2D eigenvalue weighted by molar-refractivity contribution is 6.84. The van der Waals surface area contributed by atoms with Crippen LogP contribution in [0.2, 0.25) is 13.1 Å². The highest BCUT2D eigenvalue weighted by Crippen LogP contribution is 2.05. The lowest BCUT2D eigenvalue weighted by Gasteiger charge is -2.20. The van der Waals surface area contributed by atoms with E-state index in [9.17, 15) is 0 Å². The van der Waals surface area contributed by atoms with Crippen LogP contribution in [-0.2, 0) is 4.43 Å². The van der Waals surface area contributed by atoms with E-state index in [1.165, 1.54) is 5.19 Å². The minimum atomic E-state index is -1.70. The lowest BCUT2D eigenvalue weighted by atomic mass is 10.2. The lowest BCUT2D eigenvalue weighted by Crippen LogP contribution is -2.43. The van der Waals surface area contributed by atoms with Gasteiger partial charge in [-0.25, -0.2) is 0 Å². The molecule has 0 N–H and O–H groups in total. The Kier molecular flexibility index (Phi) is 2.92. The van der Waals surface area contributed by atoms with Gasteiger partial charge in [-0.15, -0.1) is 6.42 Å². The average molecular weight is 190 g/mol. The van der Waals surface area contributed by atoms with Crippen molar-refractivity contribution in [3.05, 3.63) is 29.8 Å². The molecule has 0 saturated carbocycles. The number of benzene rings is 1. The van der Waals surface area contributed by atoms with Gasteiger partial charge in [0.15, 0.2) is 0 Å². The Morgan fingerprint density at radius 1 is 1.38 bits per heavy atom. The summed E-state index contributed by atoms with van der Waals surface area (Å²) in [7, 11) is 0.0621. The Morgan fingerprint density at radius 3 is 2.62 bits per heavy atom. The molecule has 0 saturated heterocycles. The molecule has 0 radical (unpaired) electrons. The summed E-state index contributed by atoms with van der Waals surface area (Å²) in [4.78, 5) is 0. The molecule has 0 aliphatic carbocycles. The molecule has 0 bridgehead atoms. The molecule has 0 amide bonds.